The number of hydrogen-bond acceptors (Lipinski definition) is 2. The number of rotatable bonds is 4. The van der Waals surface area contributed by atoms with Gasteiger partial charge in [0.05, 0.1) is 5.92 Å². The SMILES string of the molecule is O=C(O)C(CC1CCCC1)C1CCOCC1. The standard InChI is InChI=1S/C13H22O3/c14-13(15)12(9-10-3-1-2-4-10)11-5-7-16-8-6-11/h10-12H,1-9H2,(H,14,15). The fraction of sp³-hybridized carbons (Fsp3) is 0.923. The van der Waals surface area contributed by atoms with Gasteiger partial charge >= 0.3 is 5.97 Å². The molecule has 2 aliphatic rings. The zero-order chi connectivity index (χ0) is 11.4. The van der Waals surface area contributed by atoms with Crippen molar-refractivity contribution in [3.8, 4) is 0 Å². The van der Waals surface area contributed by atoms with Crippen molar-refractivity contribution in [2.75, 3.05) is 13.2 Å². The number of carboxylic acid groups (broad SMARTS) is 1. The average molecular weight is 226 g/mol. The monoisotopic (exact) mass is 226 g/mol. The average Bonchev–Trinajstić information content (AvgIpc) is 2.79. The van der Waals surface area contributed by atoms with E-state index in [1.165, 1.54) is 25.7 Å². The van der Waals surface area contributed by atoms with Gasteiger partial charge in [-0.1, -0.05) is 25.7 Å². The zero-order valence-corrected chi connectivity index (χ0v) is 9.86. The molecule has 0 amide bonds. The Morgan fingerprint density at radius 2 is 1.81 bits per heavy atom. The molecule has 1 heterocycles. The number of carboxylic acids is 1. The summed E-state index contributed by atoms with van der Waals surface area (Å²) in [5, 5.41) is 9.35. The Labute approximate surface area is 97.2 Å². The molecule has 1 atom stereocenters. The molecule has 1 aliphatic carbocycles. The molecule has 2 rings (SSSR count). The second kappa shape index (κ2) is 5.67. The first-order chi connectivity index (χ1) is 7.77. The highest BCUT2D eigenvalue weighted by Gasteiger charge is 2.32. The molecular formula is C13H22O3. The van der Waals surface area contributed by atoms with E-state index in [9.17, 15) is 9.90 Å². The topological polar surface area (TPSA) is 46.5 Å². The molecule has 1 aliphatic heterocycles. The number of ether oxygens (including phenoxy) is 1. The summed E-state index contributed by atoms with van der Waals surface area (Å²) in [6, 6.07) is 0. The van der Waals surface area contributed by atoms with Crippen molar-refractivity contribution in [2.45, 2.75) is 44.9 Å². The lowest BCUT2D eigenvalue weighted by Gasteiger charge is -2.29. The third-order valence-corrected chi connectivity index (χ3v) is 4.21. The minimum Gasteiger partial charge on any atom is -0.481 e. The molecule has 2 fully saturated rings. The molecule has 16 heavy (non-hydrogen) atoms. The van der Waals surface area contributed by atoms with Crippen LogP contribution in [0.15, 0.2) is 0 Å². The van der Waals surface area contributed by atoms with Crippen LogP contribution in [0.25, 0.3) is 0 Å². The van der Waals surface area contributed by atoms with Crippen LogP contribution in [-0.4, -0.2) is 24.3 Å². The summed E-state index contributed by atoms with van der Waals surface area (Å²) in [5.41, 5.74) is 0. The van der Waals surface area contributed by atoms with Crippen LogP contribution in [0.5, 0.6) is 0 Å². The summed E-state index contributed by atoms with van der Waals surface area (Å²) in [7, 11) is 0. The van der Waals surface area contributed by atoms with Crippen LogP contribution in [0.2, 0.25) is 0 Å². The van der Waals surface area contributed by atoms with Crippen molar-refractivity contribution >= 4 is 5.97 Å². The molecule has 92 valence electrons. The van der Waals surface area contributed by atoms with Crippen LogP contribution < -0.4 is 0 Å². The zero-order valence-electron chi connectivity index (χ0n) is 9.86. The maximum absolute atomic E-state index is 11.3. The van der Waals surface area contributed by atoms with Crippen molar-refractivity contribution < 1.29 is 14.6 Å². The summed E-state index contributed by atoms with van der Waals surface area (Å²) in [6.45, 7) is 1.50. The fourth-order valence-electron chi connectivity index (χ4n) is 3.22. The van der Waals surface area contributed by atoms with Crippen molar-refractivity contribution in [1.82, 2.24) is 0 Å². The van der Waals surface area contributed by atoms with Crippen LogP contribution in [-0.2, 0) is 9.53 Å². The van der Waals surface area contributed by atoms with Crippen LogP contribution in [0, 0.1) is 17.8 Å². The Balaban J connectivity index is 1.90. The van der Waals surface area contributed by atoms with Gasteiger partial charge in [0, 0.05) is 13.2 Å². The van der Waals surface area contributed by atoms with Crippen LogP contribution in [0.1, 0.15) is 44.9 Å². The normalized spacial score (nSPS) is 25.8. The summed E-state index contributed by atoms with van der Waals surface area (Å²) < 4.78 is 5.31. The van der Waals surface area contributed by atoms with E-state index in [-0.39, 0.29) is 5.92 Å². The lowest BCUT2D eigenvalue weighted by molar-refractivity contribution is -0.145. The number of hydrogen-bond donors (Lipinski definition) is 1. The third-order valence-electron chi connectivity index (χ3n) is 4.21. The Morgan fingerprint density at radius 1 is 1.19 bits per heavy atom. The lowest BCUT2D eigenvalue weighted by atomic mass is 9.80. The van der Waals surface area contributed by atoms with Gasteiger partial charge in [-0.3, -0.25) is 4.79 Å². The molecule has 3 heteroatoms. The van der Waals surface area contributed by atoms with Gasteiger partial charge in [0.25, 0.3) is 0 Å². The quantitative estimate of drug-likeness (QED) is 0.801. The molecule has 0 bridgehead atoms. The Hall–Kier alpha value is -0.570. The van der Waals surface area contributed by atoms with Gasteiger partial charge in [0.1, 0.15) is 0 Å². The molecule has 0 aromatic carbocycles. The molecular weight excluding hydrogens is 204 g/mol. The largest absolute Gasteiger partial charge is 0.481 e. The molecule has 0 spiro atoms. The maximum atomic E-state index is 11.3. The summed E-state index contributed by atoms with van der Waals surface area (Å²) in [6.07, 6.45) is 7.85. The van der Waals surface area contributed by atoms with Crippen molar-refractivity contribution in [3.05, 3.63) is 0 Å². The predicted octanol–water partition coefficient (Wildman–Crippen LogP) is 2.69. The second-order valence-corrected chi connectivity index (χ2v) is 5.28. The highest BCUT2D eigenvalue weighted by Crippen LogP contribution is 2.35. The Kier molecular flexibility index (Phi) is 4.22. The van der Waals surface area contributed by atoms with Gasteiger partial charge in [-0.15, -0.1) is 0 Å². The molecule has 0 aromatic rings. The van der Waals surface area contributed by atoms with Gasteiger partial charge in [-0.2, -0.15) is 0 Å². The van der Waals surface area contributed by atoms with E-state index in [1.54, 1.807) is 0 Å². The molecule has 0 aromatic heterocycles. The Morgan fingerprint density at radius 3 is 2.38 bits per heavy atom. The van der Waals surface area contributed by atoms with E-state index in [1.807, 2.05) is 0 Å². The van der Waals surface area contributed by atoms with E-state index in [0.717, 1.165) is 32.5 Å². The van der Waals surface area contributed by atoms with Gasteiger partial charge in [-0.25, -0.2) is 0 Å². The van der Waals surface area contributed by atoms with Gasteiger partial charge in [0.2, 0.25) is 0 Å². The van der Waals surface area contributed by atoms with E-state index >= 15 is 0 Å². The van der Waals surface area contributed by atoms with E-state index in [0.29, 0.717) is 11.8 Å². The van der Waals surface area contributed by atoms with Crippen molar-refractivity contribution in [2.24, 2.45) is 17.8 Å². The number of carbonyl (C=O) groups is 1. The Bertz CT molecular complexity index is 227. The predicted molar refractivity (Wildman–Crippen MR) is 61.2 cm³/mol. The highest BCUT2D eigenvalue weighted by molar-refractivity contribution is 5.70. The molecule has 1 N–H and O–H groups in total. The second-order valence-electron chi connectivity index (χ2n) is 5.28. The van der Waals surface area contributed by atoms with Gasteiger partial charge in [0.15, 0.2) is 0 Å². The first-order valence-corrected chi connectivity index (χ1v) is 6.58. The first-order valence-electron chi connectivity index (χ1n) is 6.58. The molecule has 3 nitrogen and oxygen atoms in total. The minimum atomic E-state index is -0.584. The molecule has 1 saturated carbocycles. The van der Waals surface area contributed by atoms with Gasteiger partial charge in [-0.05, 0) is 31.1 Å². The molecule has 1 unspecified atom stereocenters. The summed E-state index contributed by atoms with van der Waals surface area (Å²) in [4.78, 5) is 11.3. The van der Waals surface area contributed by atoms with E-state index in [4.69, 9.17) is 4.74 Å². The van der Waals surface area contributed by atoms with Crippen molar-refractivity contribution in [3.63, 3.8) is 0 Å². The minimum absolute atomic E-state index is 0.119. The third kappa shape index (κ3) is 2.97. The van der Waals surface area contributed by atoms with Crippen LogP contribution >= 0.6 is 0 Å². The summed E-state index contributed by atoms with van der Waals surface area (Å²) in [5.74, 6) is 0.321. The van der Waals surface area contributed by atoms with Crippen molar-refractivity contribution in [1.29, 1.82) is 0 Å². The molecule has 1 saturated heterocycles. The van der Waals surface area contributed by atoms with Gasteiger partial charge < -0.3 is 9.84 Å². The number of aliphatic carboxylic acids is 1. The fourth-order valence-corrected chi connectivity index (χ4v) is 3.22. The smallest absolute Gasteiger partial charge is 0.306 e. The van der Waals surface area contributed by atoms with E-state index in [2.05, 4.69) is 0 Å². The lowest BCUT2D eigenvalue weighted by Crippen LogP contribution is -2.30. The molecule has 0 radical (unpaired) electrons. The van der Waals surface area contributed by atoms with Crippen LogP contribution in [0.3, 0.4) is 0 Å². The highest BCUT2D eigenvalue weighted by atomic mass is 16.5. The maximum Gasteiger partial charge on any atom is 0.306 e. The van der Waals surface area contributed by atoms with E-state index < -0.39 is 5.97 Å². The van der Waals surface area contributed by atoms with Crippen LogP contribution in [0.4, 0.5) is 0 Å². The summed E-state index contributed by atoms with van der Waals surface area (Å²) >= 11 is 0. The first kappa shape index (κ1) is 11.9.